The first-order valence-electron chi connectivity index (χ1n) is 9.41. The van der Waals surface area contributed by atoms with E-state index in [4.69, 9.17) is 10.5 Å². The lowest BCUT2D eigenvalue weighted by Gasteiger charge is -2.57. The summed E-state index contributed by atoms with van der Waals surface area (Å²) in [6.07, 6.45) is 1.35. The molecule has 1 saturated carbocycles. The van der Waals surface area contributed by atoms with Gasteiger partial charge in [0.05, 0.1) is 11.8 Å². The Kier molecular flexibility index (Phi) is 6.92. The first-order chi connectivity index (χ1) is 12.7. The van der Waals surface area contributed by atoms with Gasteiger partial charge in [-0.2, -0.15) is 0 Å². The minimum absolute atomic E-state index is 0. The number of benzene rings is 1. The normalized spacial score (nSPS) is 22.9. The maximum atomic E-state index is 12.9. The highest BCUT2D eigenvalue weighted by molar-refractivity contribution is 7.15. The molecular formula is C21H30ClN3O2S. The molecule has 0 saturated heterocycles. The minimum Gasteiger partial charge on any atom is -0.378 e. The van der Waals surface area contributed by atoms with E-state index in [1.54, 1.807) is 0 Å². The van der Waals surface area contributed by atoms with Crippen molar-refractivity contribution in [3.05, 3.63) is 46.0 Å². The Balaban J connectivity index is 0.00000280. The summed E-state index contributed by atoms with van der Waals surface area (Å²) >= 11 is 1.52. The number of amides is 1. The van der Waals surface area contributed by atoms with Crippen molar-refractivity contribution in [3.63, 3.8) is 0 Å². The van der Waals surface area contributed by atoms with Crippen LogP contribution in [0.2, 0.25) is 0 Å². The SMILES string of the molecule is CCOC1CC(N)(C(=O)Nc2nc(C)c(Cc3ccc(C)cc3)s2)C1(C)C.Cl. The number of nitrogens with two attached hydrogens (primary N) is 1. The van der Waals surface area contributed by atoms with E-state index in [1.165, 1.54) is 22.5 Å². The van der Waals surface area contributed by atoms with E-state index in [0.29, 0.717) is 18.2 Å². The number of carbonyl (C=O) groups excluding carboxylic acids is 1. The number of hydrogen-bond acceptors (Lipinski definition) is 5. The number of halogens is 1. The number of carbonyl (C=O) groups is 1. The van der Waals surface area contributed by atoms with Crippen LogP contribution < -0.4 is 11.1 Å². The topological polar surface area (TPSA) is 77.2 Å². The van der Waals surface area contributed by atoms with E-state index >= 15 is 0 Å². The van der Waals surface area contributed by atoms with Crippen molar-refractivity contribution in [2.45, 2.75) is 59.1 Å². The summed E-state index contributed by atoms with van der Waals surface area (Å²) in [6.45, 7) is 10.6. The molecule has 7 heteroatoms. The summed E-state index contributed by atoms with van der Waals surface area (Å²) in [7, 11) is 0. The van der Waals surface area contributed by atoms with Crippen LogP contribution in [0.4, 0.5) is 5.13 Å². The standard InChI is InChI=1S/C21H29N3O2S.ClH/c1-6-26-17-12-21(22,20(17,4)5)18(25)24-19-23-14(3)16(27-19)11-15-9-7-13(2)8-10-15;/h7-10,17H,6,11-12,22H2,1-5H3,(H,23,24,25);1H. The molecular weight excluding hydrogens is 394 g/mol. The molecule has 1 fully saturated rings. The molecule has 3 N–H and O–H groups in total. The lowest BCUT2D eigenvalue weighted by Crippen LogP contribution is -2.74. The molecule has 2 atom stereocenters. The van der Waals surface area contributed by atoms with Gasteiger partial charge in [0.2, 0.25) is 5.91 Å². The van der Waals surface area contributed by atoms with E-state index in [2.05, 4.69) is 41.5 Å². The van der Waals surface area contributed by atoms with E-state index in [9.17, 15) is 4.79 Å². The Morgan fingerprint density at radius 2 is 1.96 bits per heavy atom. The maximum Gasteiger partial charge on any atom is 0.246 e. The van der Waals surface area contributed by atoms with Gasteiger partial charge in [-0.3, -0.25) is 4.79 Å². The fourth-order valence-corrected chi connectivity index (χ4v) is 4.56. The van der Waals surface area contributed by atoms with Gasteiger partial charge in [-0.25, -0.2) is 4.98 Å². The molecule has 1 heterocycles. The van der Waals surface area contributed by atoms with Crippen molar-refractivity contribution in [3.8, 4) is 0 Å². The van der Waals surface area contributed by atoms with Crippen molar-refractivity contribution >= 4 is 34.8 Å². The summed E-state index contributed by atoms with van der Waals surface area (Å²) in [5.41, 5.74) is 8.53. The number of rotatable bonds is 6. The minimum atomic E-state index is -0.941. The molecule has 1 aromatic carbocycles. The predicted octanol–water partition coefficient (Wildman–Crippen LogP) is 4.24. The molecule has 154 valence electrons. The van der Waals surface area contributed by atoms with Gasteiger partial charge >= 0.3 is 0 Å². The zero-order valence-corrected chi connectivity index (χ0v) is 18.8. The van der Waals surface area contributed by atoms with Crippen molar-refractivity contribution in [1.82, 2.24) is 4.98 Å². The average Bonchev–Trinajstić information content (AvgIpc) is 2.95. The summed E-state index contributed by atoms with van der Waals surface area (Å²) in [5.74, 6) is -0.181. The number of nitrogens with zero attached hydrogens (tertiary/aromatic N) is 1. The van der Waals surface area contributed by atoms with Crippen molar-refractivity contribution in [2.75, 3.05) is 11.9 Å². The van der Waals surface area contributed by atoms with Crippen LogP contribution in [-0.2, 0) is 16.0 Å². The van der Waals surface area contributed by atoms with Crippen LogP contribution in [0, 0.1) is 19.3 Å². The fraction of sp³-hybridized carbons (Fsp3) is 0.524. The van der Waals surface area contributed by atoms with Gasteiger partial charge < -0.3 is 15.8 Å². The largest absolute Gasteiger partial charge is 0.378 e. The predicted molar refractivity (Wildman–Crippen MR) is 117 cm³/mol. The van der Waals surface area contributed by atoms with Crippen LogP contribution >= 0.6 is 23.7 Å². The number of nitrogens with one attached hydrogen (secondary N) is 1. The fourth-order valence-electron chi connectivity index (χ4n) is 3.57. The Morgan fingerprint density at radius 3 is 2.54 bits per heavy atom. The average molecular weight is 424 g/mol. The first-order valence-corrected chi connectivity index (χ1v) is 10.2. The quantitative estimate of drug-likeness (QED) is 0.728. The van der Waals surface area contributed by atoms with E-state index in [1.807, 2.05) is 27.7 Å². The smallest absolute Gasteiger partial charge is 0.246 e. The van der Waals surface area contributed by atoms with Crippen LogP contribution in [0.3, 0.4) is 0 Å². The summed E-state index contributed by atoms with van der Waals surface area (Å²) in [4.78, 5) is 18.6. The second-order valence-electron chi connectivity index (χ2n) is 7.99. The number of aryl methyl sites for hydroxylation is 2. The van der Waals surface area contributed by atoms with Gasteiger partial charge in [0.15, 0.2) is 5.13 Å². The second-order valence-corrected chi connectivity index (χ2v) is 9.07. The summed E-state index contributed by atoms with van der Waals surface area (Å²) in [6, 6.07) is 8.48. The van der Waals surface area contributed by atoms with Gasteiger partial charge in [-0.15, -0.1) is 23.7 Å². The van der Waals surface area contributed by atoms with Crippen LogP contribution in [0.1, 0.15) is 48.9 Å². The number of aromatic nitrogens is 1. The highest BCUT2D eigenvalue weighted by atomic mass is 35.5. The molecule has 2 aromatic rings. The third-order valence-electron chi connectivity index (χ3n) is 5.83. The highest BCUT2D eigenvalue weighted by Crippen LogP contribution is 2.50. The van der Waals surface area contributed by atoms with Gasteiger partial charge in [-0.05, 0) is 26.3 Å². The van der Waals surface area contributed by atoms with Crippen molar-refractivity contribution in [2.24, 2.45) is 11.1 Å². The van der Waals surface area contributed by atoms with Crippen LogP contribution in [0.25, 0.3) is 0 Å². The Morgan fingerprint density at radius 1 is 1.32 bits per heavy atom. The third kappa shape index (κ3) is 4.10. The molecule has 1 amide bonds. The monoisotopic (exact) mass is 423 g/mol. The molecule has 3 rings (SSSR count). The lowest BCUT2D eigenvalue weighted by molar-refractivity contribution is -0.166. The van der Waals surface area contributed by atoms with Crippen molar-refractivity contribution < 1.29 is 9.53 Å². The van der Waals surface area contributed by atoms with Crippen LogP contribution in [0.15, 0.2) is 24.3 Å². The van der Waals surface area contributed by atoms with E-state index < -0.39 is 11.0 Å². The number of thiazole rings is 1. The molecule has 28 heavy (non-hydrogen) atoms. The molecule has 1 aliphatic carbocycles. The van der Waals surface area contributed by atoms with Gasteiger partial charge in [-0.1, -0.05) is 43.7 Å². The molecule has 2 unspecified atom stereocenters. The molecule has 1 aliphatic rings. The summed E-state index contributed by atoms with van der Waals surface area (Å²) in [5, 5.41) is 3.56. The summed E-state index contributed by atoms with van der Waals surface area (Å²) < 4.78 is 5.71. The van der Waals surface area contributed by atoms with Gasteiger partial charge in [0.25, 0.3) is 0 Å². The lowest BCUT2D eigenvalue weighted by atomic mass is 9.54. The zero-order chi connectivity index (χ0) is 19.8. The van der Waals surface area contributed by atoms with Crippen LogP contribution in [0.5, 0.6) is 0 Å². The van der Waals surface area contributed by atoms with E-state index in [0.717, 1.165) is 17.0 Å². The third-order valence-corrected chi connectivity index (χ3v) is 6.91. The van der Waals surface area contributed by atoms with Gasteiger partial charge in [0, 0.05) is 29.7 Å². The number of anilines is 1. The maximum absolute atomic E-state index is 12.9. The Bertz CT molecular complexity index is 835. The molecule has 0 bridgehead atoms. The molecule has 1 aromatic heterocycles. The Labute approximate surface area is 177 Å². The highest BCUT2D eigenvalue weighted by Gasteiger charge is 2.63. The molecule has 0 aliphatic heterocycles. The second kappa shape index (κ2) is 8.49. The van der Waals surface area contributed by atoms with Crippen molar-refractivity contribution in [1.29, 1.82) is 0 Å². The first kappa shape index (κ1) is 22.8. The van der Waals surface area contributed by atoms with E-state index in [-0.39, 0.29) is 24.4 Å². The molecule has 5 nitrogen and oxygen atoms in total. The van der Waals surface area contributed by atoms with Crippen LogP contribution in [-0.4, -0.2) is 29.1 Å². The zero-order valence-electron chi connectivity index (χ0n) is 17.2. The van der Waals surface area contributed by atoms with Gasteiger partial charge in [0.1, 0.15) is 5.54 Å². The molecule has 0 spiro atoms. The number of ether oxygens (including phenoxy) is 1. The Hall–Kier alpha value is -1.47. The molecule has 0 radical (unpaired) electrons. The number of hydrogen-bond donors (Lipinski definition) is 2.